The molecule has 12 heteroatoms. The predicted octanol–water partition coefficient (Wildman–Crippen LogP) is 8.16. The highest BCUT2D eigenvalue weighted by Crippen LogP contribution is 2.51. The minimum atomic E-state index is -1.05. The Labute approximate surface area is 259 Å². The van der Waals surface area contributed by atoms with E-state index in [0.717, 1.165) is 0 Å². The second-order valence-corrected chi connectivity index (χ2v) is 12.8. The minimum Gasteiger partial charge on any atom is -0.267 e. The maximum absolute atomic E-state index is 12.9. The van der Waals surface area contributed by atoms with Crippen LogP contribution in [0.1, 0.15) is 26.3 Å². The Morgan fingerprint density at radius 1 is 0.900 bits per heavy atom. The van der Waals surface area contributed by atoms with E-state index >= 15 is 0 Å². The molecule has 0 radical (unpaired) electrons. The van der Waals surface area contributed by atoms with Crippen LogP contribution in [0.4, 0.5) is 0 Å². The third-order valence-corrected chi connectivity index (χ3v) is 9.96. The predicted molar refractivity (Wildman–Crippen MR) is 169 cm³/mol. The highest BCUT2D eigenvalue weighted by molar-refractivity contribution is 8.77. The van der Waals surface area contributed by atoms with Crippen molar-refractivity contribution in [2.45, 2.75) is 9.10 Å². The molecule has 0 saturated carbocycles. The van der Waals surface area contributed by atoms with Crippen molar-refractivity contribution in [3.05, 3.63) is 123 Å². The van der Waals surface area contributed by atoms with Gasteiger partial charge < -0.3 is 0 Å². The van der Waals surface area contributed by atoms with Crippen LogP contribution in [0.25, 0.3) is 0 Å². The lowest BCUT2D eigenvalue weighted by Crippen LogP contribution is -2.29. The van der Waals surface area contributed by atoms with Crippen molar-refractivity contribution < 1.29 is 9.59 Å². The summed E-state index contributed by atoms with van der Waals surface area (Å²) in [5, 5.41) is 9.51. The van der Waals surface area contributed by atoms with Crippen LogP contribution in [0.3, 0.4) is 0 Å². The first-order chi connectivity index (χ1) is 19.2. The molecule has 204 valence electrons. The molecule has 4 rings (SSSR count). The summed E-state index contributed by atoms with van der Waals surface area (Å²) >= 11 is 25.4. The second kappa shape index (κ2) is 14.3. The molecule has 0 heterocycles. The molecule has 1 aliphatic rings. The third kappa shape index (κ3) is 8.16. The maximum atomic E-state index is 12.9. The third-order valence-electron chi connectivity index (χ3n) is 5.41. The van der Waals surface area contributed by atoms with E-state index in [2.05, 4.69) is 21.1 Å². The Kier molecular flexibility index (Phi) is 10.8. The first-order valence-corrected chi connectivity index (χ1v) is 15.3. The molecule has 2 atom stereocenters. The van der Waals surface area contributed by atoms with Crippen LogP contribution < -0.4 is 10.9 Å². The number of nitrogens with one attached hydrogen (secondary N) is 2. The minimum absolute atomic E-state index is 0.339. The first-order valence-electron chi connectivity index (χ1n) is 11.6. The molecule has 1 aliphatic carbocycles. The molecular weight excluding hydrogens is 630 g/mol. The number of allylic oxidation sites excluding steroid dienone is 3. The van der Waals surface area contributed by atoms with Crippen molar-refractivity contribution in [1.82, 2.24) is 10.9 Å². The molecule has 0 spiro atoms. The molecule has 40 heavy (non-hydrogen) atoms. The SMILES string of the molecule is O=C(N/N=C/C1C=CC(Cl)=CC1(Cl)SSc1ccccc1C(=O)N/N=C/c1ccc(Cl)cc1Cl)c1ccccc1. The Morgan fingerprint density at radius 3 is 2.40 bits per heavy atom. The fourth-order valence-electron chi connectivity index (χ4n) is 3.38. The van der Waals surface area contributed by atoms with Gasteiger partial charge in [-0.05, 0) is 48.6 Å². The van der Waals surface area contributed by atoms with Gasteiger partial charge in [0, 0.05) is 38.2 Å². The van der Waals surface area contributed by atoms with Crippen LogP contribution in [0, 0.1) is 5.92 Å². The molecule has 0 fully saturated rings. The highest BCUT2D eigenvalue weighted by atomic mass is 35.5. The standard InChI is InChI=1S/C28H20Cl4N4O2S2/c29-21-12-10-19(24(31)14-21)16-33-36-27(38)23-8-4-5-9-25(23)39-40-28(32)15-22(30)13-11-20(28)17-34-35-26(37)18-6-2-1-3-7-18/h1-17,20H,(H,35,37)(H,36,38)/b33-16+,34-17+. The van der Waals surface area contributed by atoms with Crippen molar-refractivity contribution >= 4 is 92.2 Å². The largest absolute Gasteiger partial charge is 0.272 e. The van der Waals surface area contributed by atoms with Gasteiger partial charge in [0.1, 0.15) is 4.21 Å². The smallest absolute Gasteiger partial charge is 0.267 e. The molecule has 2 unspecified atom stereocenters. The van der Waals surface area contributed by atoms with Crippen LogP contribution in [-0.2, 0) is 0 Å². The van der Waals surface area contributed by atoms with Crippen molar-refractivity contribution in [1.29, 1.82) is 0 Å². The van der Waals surface area contributed by atoms with E-state index in [9.17, 15) is 9.59 Å². The van der Waals surface area contributed by atoms with Gasteiger partial charge in [-0.15, -0.1) is 11.6 Å². The summed E-state index contributed by atoms with van der Waals surface area (Å²) < 4.78 is -1.05. The van der Waals surface area contributed by atoms with Crippen LogP contribution in [0.15, 0.2) is 111 Å². The van der Waals surface area contributed by atoms with E-state index in [1.807, 2.05) is 12.1 Å². The summed E-state index contributed by atoms with van der Waals surface area (Å²) in [6, 6.07) is 20.8. The number of amides is 2. The summed E-state index contributed by atoms with van der Waals surface area (Å²) in [5.74, 6) is -1.17. The van der Waals surface area contributed by atoms with E-state index in [4.69, 9.17) is 46.4 Å². The van der Waals surface area contributed by atoms with Crippen LogP contribution in [0.5, 0.6) is 0 Å². The van der Waals surface area contributed by atoms with Gasteiger partial charge in [-0.2, -0.15) is 10.2 Å². The number of nitrogens with zero attached hydrogens (tertiary/aromatic N) is 2. The topological polar surface area (TPSA) is 82.9 Å². The molecule has 3 aromatic carbocycles. The molecule has 0 saturated heterocycles. The number of carbonyl (C=O) groups is 2. The summed E-state index contributed by atoms with van der Waals surface area (Å²) in [4.78, 5) is 25.9. The van der Waals surface area contributed by atoms with Gasteiger partial charge in [0.05, 0.1) is 16.8 Å². The van der Waals surface area contributed by atoms with Gasteiger partial charge in [0.15, 0.2) is 0 Å². The van der Waals surface area contributed by atoms with Crippen LogP contribution in [-0.4, -0.2) is 28.4 Å². The number of carbonyl (C=O) groups excluding carboxylic acids is 2. The van der Waals surface area contributed by atoms with Gasteiger partial charge in [-0.25, -0.2) is 10.9 Å². The average molecular weight is 650 g/mol. The molecule has 3 aromatic rings. The molecule has 6 nitrogen and oxygen atoms in total. The molecule has 0 aliphatic heterocycles. The summed E-state index contributed by atoms with van der Waals surface area (Å²) in [6.45, 7) is 0. The average Bonchev–Trinajstić information content (AvgIpc) is 2.95. The lowest BCUT2D eigenvalue weighted by atomic mass is 10.0. The van der Waals surface area contributed by atoms with Gasteiger partial charge in [-0.3, -0.25) is 9.59 Å². The fourth-order valence-corrected chi connectivity index (χ4v) is 7.33. The number of halogens is 4. The second-order valence-electron chi connectivity index (χ2n) is 8.22. The number of hydrogen-bond donors (Lipinski definition) is 2. The molecule has 2 amide bonds. The molecular formula is C28H20Cl4N4O2S2. The van der Waals surface area contributed by atoms with Crippen LogP contribution >= 0.6 is 68.0 Å². The Hall–Kier alpha value is -2.72. The van der Waals surface area contributed by atoms with E-state index in [1.54, 1.807) is 85.1 Å². The van der Waals surface area contributed by atoms with Crippen molar-refractivity contribution in [3.63, 3.8) is 0 Å². The van der Waals surface area contributed by atoms with Crippen LogP contribution in [0.2, 0.25) is 10.0 Å². The van der Waals surface area contributed by atoms with E-state index in [0.29, 0.717) is 36.7 Å². The Morgan fingerprint density at radius 2 is 1.62 bits per heavy atom. The summed E-state index contributed by atoms with van der Waals surface area (Å²) in [7, 11) is 2.60. The zero-order chi connectivity index (χ0) is 28.5. The highest BCUT2D eigenvalue weighted by Gasteiger charge is 2.37. The van der Waals surface area contributed by atoms with Crippen molar-refractivity contribution in [3.8, 4) is 0 Å². The lowest BCUT2D eigenvalue weighted by Gasteiger charge is -2.30. The number of benzene rings is 3. The number of rotatable bonds is 9. The van der Waals surface area contributed by atoms with Gasteiger partial charge >= 0.3 is 0 Å². The molecule has 0 aromatic heterocycles. The Bertz CT molecular complexity index is 1520. The van der Waals surface area contributed by atoms with E-state index in [1.165, 1.54) is 27.8 Å². The first kappa shape index (κ1) is 30.2. The maximum Gasteiger partial charge on any atom is 0.272 e. The van der Waals surface area contributed by atoms with Gasteiger partial charge in [-0.1, -0.05) is 98.9 Å². The molecule has 2 N–H and O–H groups in total. The zero-order valence-electron chi connectivity index (χ0n) is 20.4. The van der Waals surface area contributed by atoms with Gasteiger partial charge in [0.25, 0.3) is 11.8 Å². The van der Waals surface area contributed by atoms with Crippen molar-refractivity contribution in [2.75, 3.05) is 0 Å². The molecule has 0 bridgehead atoms. The lowest BCUT2D eigenvalue weighted by molar-refractivity contribution is 0.0945. The number of hydrazone groups is 2. The zero-order valence-corrected chi connectivity index (χ0v) is 25.1. The quantitative estimate of drug-likeness (QED) is 0.106. The van der Waals surface area contributed by atoms with Crippen molar-refractivity contribution in [2.24, 2.45) is 16.1 Å². The number of alkyl halides is 1. The summed E-state index contributed by atoms with van der Waals surface area (Å²) in [6.07, 6.45) is 8.21. The normalized spacial score (nSPS) is 18.6. The Balaban J connectivity index is 1.43. The monoisotopic (exact) mass is 648 g/mol. The van der Waals surface area contributed by atoms with E-state index < -0.39 is 16.0 Å². The number of hydrogen-bond acceptors (Lipinski definition) is 6. The van der Waals surface area contributed by atoms with Gasteiger partial charge in [0.2, 0.25) is 0 Å². The van der Waals surface area contributed by atoms with E-state index in [-0.39, 0.29) is 5.91 Å². The summed E-state index contributed by atoms with van der Waals surface area (Å²) in [5.41, 5.74) is 6.54. The fraction of sp³-hybridized carbons (Fsp3) is 0.0714.